The Labute approximate surface area is 175 Å². The molecule has 9 heteroatoms. The van der Waals surface area contributed by atoms with Crippen LogP contribution in [-0.4, -0.2) is 49.2 Å². The second-order valence-corrected chi connectivity index (χ2v) is 7.44. The van der Waals surface area contributed by atoms with Crippen LogP contribution in [0.3, 0.4) is 0 Å². The van der Waals surface area contributed by atoms with Crippen LogP contribution in [0.5, 0.6) is 17.2 Å². The molecule has 1 heterocycles. The minimum absolute atomic E-state index is 0.0172. The van der Waals surface area contributed by atoms with Crippen LogP contribution in [0.4, 0.5) is 13.2 Å². The van der Waals surface area contributed by atoms with Crippen molar-refractivity contribution in [3.8, 4) is 17.2 Å². The fourth-order valence-electron chi connectivity index (χ4n) is 3.42. The molecule has 0 spiro atoms. The minimum Gasteiger partial charge on any atom is -0.503 e. The standard InChI is InChI=1S/C20H22BrF3N2O3/c1-2-28-17-12-14(11-16(21)19(17)27)18(26-9-7-25-8-10-26)13-3-5-15(6-4-13)29-20(22,23)24/h3-6,11-12,18,25,27H,2,7-10H2,1H3/t18-/m1/s1. The smallest absolute Gasteiger partial charge is 0.503 e. The van der Waals surface area contributed by atoms with E-state index in [4.69, 9.17) is 4.74 Å². The first-order chi connectivity index (χ1) is 13.8. The summed E-state index contributed by atoms with van der Waals surface area (Å²) in [4.78, 5) is 2.24. The maximum Gasteiger partial charge on any atom is 0.573 e. The van der Waals surface area contributed by atoms with Gasteiger partial charge in [-0.3, -0.25) is 4.90 Å². The molecule has 1 fully saturated rings. The average Bonchev–Trinajstić information content (AvgIpc) is 2.67. The number of ether oxygens (including phenoxy) is 2. The number of nitrogens with one attached hydrogen (secondary N) is 1. The summed E-state index contributed by atoms with van der Waals surface area (Å²) in [6.45, 7) is 5.38. The molecule has 0 aliphatic carbocycles. The highest BCUT2D eigenvalue weighted by molar-refractivity contribution is 9.10. The number of hydrogen-bond acceptors (Lipinski definition) is 5. The van der Waals surface area contributed by atoms with Crippen molar-refractivity contribution in [3.63, 3.8) is 0 Å². The number of phenolic OH excluding ortho intramolecular Hbond substituents is 1. The molecule has 29 heavy (non-hydrogen) atoms. The van der Waals surface area contributed by atoms with E-state index in [0.717, 1.165) is 37.3 Å². The number of phenols is 1. The van der Waals surface area contributed by atoms with Gasteiger partial charge in [-0.2, -0.15) is 0 Å². The zero-order valence-electron chi connectivity index (χ0n) is 15.8. The summed E-state index contributed by atoms with van der Waals surface area (Å²) >= 11 is 3.37. The number of piperazine rings is 1. The van der Waals surface area contributed by atoms with Crippen LogP contribution in [0.1, 0.15) is 24.1 Å². The second kappa shape index (κ2) is 9.23. The molecule has 2 aromatic carbocycles. The molecule has 0 aromatic heterocycles. The fourth-order valence-corrected chi connectivity index (χ4v) is 3.88. The van der Waals surface area contributed by atoms with Crippen molar-refractivity contribution in [2.24, 2.45) is 0 Å². The van der Waals surface area contributed by atoms with Crippen molar-refractivity contribution in [1.29, 1.82) is 0 Å². The summed E-state index contributed by atoms with van der Waals surface area (Å²) in [6, 6.07) is 9.27. The largest absolute Gasteiger partial charge is 0.573 e. The van der Waals surface area contributed by atoms with E-state index in [1.165, 1.54) is 12.1 Å². The van der Waals surface area contributed by atoms with Gasteiger partial charge in [0.15, 0.2) is 11.5 Å². The minimum atomic E-state index is -4.73. The van der Waals surface area contributed by atoms with Gasteiger partial charge < -0.3 is 19.9 Å². The highest BCUT2D eigenvalue weighted by atomic mass is 79.9. The van der Waals surface area contributed by atoms with Gasteiger partial charge in [0.05, 0.1) is 17.1 Å². The number of nitrogens with zero attached hydrogens (tertiary/aromatic N) is 1. The monoisotopic (exact) mass is 474 g/mol. The lowest BCUT2D eigenvalue weighted by atomic mass is 9.96. The highest BCUT2D eigenvalue weighted by Gasteiger charge is 2.31. The van der Waals surface area contributed by atoms with E-state index in [2.05, 4.69) is 30.9 Å². The first-order valence-electron chi connectivity index (χ1n) is 9.24. The van der Waals surface area contributed by atoms with Crippen molar-refractivity contribution in [2.75, 3.05) is 32.8 Å². The Morgan fingerprint density at radius 2 is 1.79 bits per heavy atom. The molecule has 1 atom stereocenters. The predicted molar refractivity (Wildman–Crippen MR) is 106 cm³/mol. The molecule has 0 saturated carbocycles. The van der Waals surface area contributed by atoms with Crippen LogP contribution in [0.15, 0.2) is 40.9 Å². The molecule has 2 N–H and O–H groups in total. The van der Waals surface area contributed by atoms with Gasteiger partial charge in [-0.15, -0.1) is 13.2 Å². The van der Waals surface area contributed by atoms with Gasteiger partial charge in [-0.1, -0.05) is 12.1 Å². The first kappa shape index (κ1) is 21.7. The van der Waals surface area contributed by atoms with Gasteiger partial charge in [-0.05, 0) is 58.2 Å². The number of rotatable bonds is 6. The van der Waals surface area contributed by atoms with Crippen LogP contribution in [0.2, 0.25) is 0 Å². The van der Waals surface area contributed by atoms with Crippen LogP contribution in [0.25, 0.3) is 0 Å². The van der Waals surface area contributed by atoms with Crippen molar-refractivity contribution < 1.29 is 27.8 Å². The Kier molecular flexibility index (Phi) is 6.92. The van der Waals surface area contributed by atoms with Gasteiger partial charge in [0.2, 0.25) is 0 Å². The van der Waals surface area contributed by atoms with Crippen LogP contribution in [-0.2, 0) is 0 Å². The topological polar surface area (TPSA) is 54.0 Å². The molecule has 3 rings (SSSR count). The Morgan fingerprint density at radius 3 is 2.38 bits per heavy atom. The molecule has 2 aromatic rings. The van der Waals surface area contributed by atoms with Gasteiger partial charge in [0.25, 0.3) is 0 Å². The Morgan fingerprint density at radius 1 is 1.14 bits per heavy atom. The van der Waals surface area contributed by atoms with E-state index in [0.29, 0.717) is 16.8 Å². The summed E-state index contributed by atoms with van der Waals surface area (Å²) in [7, 11) is 0. The number of halogens is 4. The zero-order chi connectivity index (χ0) is 21.0. The van der Waals surface area contributed by atoms with Gasteiger partial charge in [0.1, 0.15) is 5.75 Å². The lowest BCUT2D eigenvalue weighted by molar-refractivity contribution is -0.274. The SMILES string of the molecule is CCOc1cc([C@@H](c2ccc(OC(F)(F)F)cc2)N2CCNCC2)cc(Br)c1O. The third-order valence-electron chi connectivity index (χ3n) is 4.61. The third-order valence-corrected chi connectivity index (χ3v) is 5.22. The van der Waals surface area contributed by atoms with Gasteiger partial charge in [0, 0.05) is 26.2 Å². The van der Waals surface area contributed by atoms with E-state index >= 15 is 0 Å². The molecular weight excluding hydrogens is 453 g/mol. The summed E-state index contributed by atoms with van der Waals surface area (Å²) in [5.74, 6) is 0.111. The van der Waals surface area contributed by atoms with E-state index < -0.39 is 6.36 Å². The van der Waals surface area contributed by atoms with E-state index in [-0.39, 0.29) is 17.5 Å². The predicted octanol–water partition coefficient (Wildman–Crippen LogP) is 4.45. The van der Waals surface area contributed by atoms with Gasteiger partial charge >= 0.3 is 6.36 Å². The Bertz CT molecular complexity index is 825. The van der Waals surface area contributed by atoms with Crippen molar-refractivity contribution in [3.05, 3.63) is 52.0 Å². The zero-order valence-corrected chi connectivity index (χ0v) is 17.4. The average molecular weight is 475 g/mol. The quantitative estimate of drug-likeness (QED) is 0.647. The van der Waals surface area contributed by atoms with Crippen LogP contribution < -0.4 is 14.8 Å². The molecule has 158 valence electrons. The van der Waals surface area contributed by atoms with E-state index in [1.54, 1.807) is 18.2 Å². The summed E-state index contributed by atoms with van der Waals surface area (Å²) in [5.41, 5.74) is 1.69. The maximum atomic E-state index is 12.5. The number of benzene rings is 2. The Balaban J connectivity index is 1.99. The normalized spacial score (nSPS) is 16.4. The highest BCUT2D eigenvalue weighted by Crippen LogP contribution is 2.40. The summed E-state index contributed by atoms with van der Waals surface area (Å²) < 4.78 is 47.5. The van der Waals surface area contributed by atoms with E-state index in [9.17, 15) is 18.3 Å². The third kappa shape index (κ3) is 5.55. The molecule has 1 saturated heterocycles. The lowest BCUT2D eigenvalue weighted by Gasteiger charge is -2.36. The van der Waals surface area contributed by atoms with Crippen LogP contribution in [0, 0.1) is 0 Å². The fraction of sp³-hybridized carbons (Fsp3) is 0.400. The number of alkyl halides is 3. The summed E-state index contributed by atoms with van der Waals surface area (Å²) in [6.07, 6.45) is -4.73. The molecule has 0 radical (unpaired) electrons. The van der Waals surface area contributed by atoms with Gasteiger partial charge in [-0.25, -0.2) is 0 Å². The molecule has 1 aliphatic rings. The maximum absolute atomic E-state index is 12.5. The molecule has 1 aliphatic heterocycles. The van der Waals surface area contributed by atoms with Crippen molar-refractivity contribution >= 4 is 15.9 Å². The number of hydrogen-bond donors (Lipinski definition) is 2. The lowest BCUT2D eigenvalue weighted by Crippen LogP contribution is -2.45. The first-order valence-corrected chi connectivity index (χ1v) is 10.0. The second-order valence-electron chi connectivity index (χ2n) is 6.59. The molecule has 0 bridgehead atoms. The van der Waals surface area contributed by atoms with Crippen molar-refractivity contribution in [1.82, 2.24) is 10.2 Å². The summed E-state index contributed by atoms with van der Waals surface area (Å²) in [5, 5.41) is 13.5. The Hall–Kier alpha value is -1.97. The molecule has 0 amide bonds. The molecule has 0 unspecified atom stereocenters. The van der Waals surface area contributed by atoms with Crippen molar-refractivity contribution in [2.45, 2.75) is 19.3 Å². The van der Waals surface area contributed by atoms with E-state index in [1.807, 2.05) is 13.0 Å². The molecule has 5 nitrogen and oxygen atoms in total. The number of aromatic hydroxyl groups is 1. The van der Waals surface area contributed by atoms with Crippen LogP contribution >= 0.6 is 15.9 Å². The molecular formula is C20H22BrF3N2O3.